The average molecular weight is 421 g/mol. The molecule has 0 aromatic heterocycles. The summed E-state index contributed by atoms with van der Waals surface area (Å²) in [5.41, 5.74) is 3.87. The van der Waals surface area contributed by atoms with Crippen molar-refractivity contribution in [2.75, 3.05) is 32.8 Å². The number of piperidine rings is 1. The van der Waals surface area contributed by atoms with E-state index >= 15 is 0 Å². The lowest BCUT2D eigenvalue weighted by Gasteiger charge is -2.53. The molecule has 0 bridgehead atoms. The molecule has 0 unspecified atom stereocenters. The van der Waals surface area contributed by atoms with Crippen molar-refractivity contribution in [3.63, 3.8) is 0 Å². The highest BCUT2D eigenvalue weighted by molar-refractivity contribution is 5.85. The van der Waals surface area contributed by atoms with Crippen LogP contribution in [-0.4, -0.2) is 77.8 Å². The Morgan fingerprint density at radius 2 is 1.89 bits per heavy atom. The number of aliphatic hydroxyl groups excluding tert-OH is 1. The van der Waals surface area contributed by atoms with Crippen molar-refractivity contribution < 1.29 is 24.2 Å². The predicted molar refractivity (Wildman–Crippen MR) is 106 cm³/mol. The fourth-order valence-electron chi connectivity index (χ4n) is 3.97. The molecule has 2 aliphatic rings. The van der Waals surface area contributed by atoms with Crippen LogP contribution >= 0.6 is 12.4 Å². The number of ether oxygens (including phenoxy) is 1. The van der Waals surface area contributed by atoms with Gasteiger partial charge in [0, 0.05) is 39.6 Å². The Morgan fingerprint density at radius 1 is 1.25 bits per heavy atom. The molecule has 2 aliphatic heterocycles. The van der Waals surface area contributed by atoms with Gasteiger partial charge in [0.15, 0.2) is 0 Å². The first-order chi connectivity index (χ1) is 12.7. The number of carbonyl (C=O) groups excluding carboxylic acids is 3. The van der Waals surface area contributed by atoms with Crippen molar-refractivity contribution >= 4 is 30.1 Å². The lowest BCUT2D eigenvalue weighted by molar-refractivity contribution is -0.208. The van der Waals surface area contributed by atoms with Crippen molar-refractivity contribution in [2.24, 2.45) is 5.73 Å². The third kappa shape index (κ3) is 5.79. The molecule has 2 heterocycles. The first-order valence-corrected chi connectivity index (χ1v) is 9.58. The number of nitrogens with one attached hydrogen (secondary N) is 2. The number of amides is 3. The summed E-state index contributed by atoms with van der Waals surface area (Å²) >= 11 is 0. The van der Waals surface area contributed by atoms with Crippen molar-refractivity contribution in [1.29, 1.82) is 0 Å². The van der Waals surface area contributed by atoms with Gasteiger partial charge in [-0.3, -0.25) is 14.4 Å². The molecule has 2 saturated heterocycles. The monoisotopic (exact) mass is 420 g/mol. The fraction of sp³-hybridized carbons (Fsp3) is 0.833. The molecule has 1 spiro atoms. The zero-order chi connectivity index (χ0) is 20.1. The van der Waals surface area contributed by atoms with Gasteiger partial charge in [0.05, 0.1) is 17.7 Å². The molecular formula is C18H33ClN4O5. The van der Waals surface area contributed by atoms with E-state index in [1.54, 1.807) is 4.90 Å². The van der Waals surface area contributed by atoms with E-state index in [-0.39, 0.29) is 43.1 Å². The maximum Gasteiger partial charge on any atom is 0.236 e. The smallest absolute Gasteiger partial charge is 0.236 e. The zero-order valence-electron chi connectivity index (χ0n) is 16.7. The largest absolute Gasteiger partial charge is 0.388 e. The Bertz CT molecular complexity index is 568. The second kappa shape index (κ2) is 10.4. The number of nitrogens with two attached hydrogens (primary N) is 1. The summed E-state index contributed by atoms with van der Waals surface area (Å²) in [4.78, 5) is 36.6. The SMILES string of the molecule is CC(=O)NCCCC(=O)N[C@]1(C)CCOC2(CCN(C(=O)CN)CC2)[C@H]1O.Cl. The summed E-state index contributed by atoms with van der Waals surface area (Å²) in [7, 11) is 0. The molecular weight excluding hydrogens is 388 g/mol. The minimum Gasteiger partial charge on any atom is -0.388 e. The van der Waals surface area contributed by atoms with Crippen LogP contribution in [0.4, 0.5) is 0 Å². The van der Waals surface area contributed by atoms with Gasteiger partial charge < -0.3 is 31.1 Å². The van der Waals surface area contributed by atoms with Gasteiger partial charge in [0.25, 0.3) is 0 Å². The maximum absolute atomic E-state index is 12.3. The molecule has 5 N–H and O–H groups in total. The number of carbonyl (C=O) groups is 3. The van der Waals surface area contributed by atoms with E-state index in [0.717, 1.165) is 0 Å². The molecule has 0 aromatic rings. The molecule has 10 heteroatoms. The highest BCUT2D eigenvalue weighted by Crippen LogP contribution is 2.40. The van der Waals surface area contributed by atoms with E-state index in [1.165, 1.54) is 6.92 Å². The van der Waals surface area contributed by atoms with E-state index in [9.17, 15) is 19.5 Å². The van der Waals surface area contributed by atoms with Crippen LogP contribution in [0.25, 0.3) is 0 Å². The lowest BCUT2D eigenvalue weighted by Crippen LogP contribution is -2.69. The Labute approximate surface area is 172 Å². The molecule has 28 heavy (non-hydrogen) atoms. The number of nitrogens with zero attached hydrogens (tertiary/aromatic N) is 1. The molecule has 2 atom stereocenters. The molecule has 3 amide bonds. The molecule has 2 rings (SSSR count). The van der Waals surface area contributed by atoms with Gasteiger partial charge in [0.1, 0.15) is 6.10 Å². The van der Waals surface area contributed by atoms with Crippen molar-refractivity contribution in [1.82, 2.24) is 15.5 Å². The zero-order valence-corrected chi connectivity index (χ0v) is 17.5. The molecule has 0 aromatic carbocycles. The molecule has 0 aliphatic carbocycles. The Morgan fingerprint density at radius 3 is 2.46 bits per heavy atom. The number of hydrogen-bond acceptors (Lipinski definition) is 6. The van der Waals surface area contributed by atoms with Gasteiger partial charge in [-0.1, -0.05) is 0 Å². The van der Waals surface area contributed by atoms with Crippen LogP contribution in [0.3, 0.4) is 0 Å². The number of likely N-dealkylation sites (tertiary alicyclic amines) is 1. The van der Waals surface area contributed by atoms with Crippen molar-refractivity contribution in [3.05, 3.63) is 0 Å². The Hall–Kier alpha value is -1.42. The minimum atomic E-state index is -0.867. The summed E-state index contributed by atoms with van der Waals surface area (Å²) in [6.07, 6.45) is 1.47. The van der Waals surface area contributed by atoms with Crippen molar-refractivity contribution in [2.45, 2.75) is 63.2 Å². The lowest BCUT2D eigenvalue weighted by atomic mass is 9.73. The summed E-state index contributed by atoms with van der Waals surface area (Å²) in [6.45, 7) is 5.09. The topological polar surface area (TPSA) is 134 Å². The van der Waals surface area contributed by atoms with Crippen molar-refractivity contribution in [3.8, 4) is 0 Å². The van der Waals surface area contributed by atoms with Gasteiger partial charge in [-0.05, 0) is 32.6 Å². The first-order valence-electron chi connectivity index (χ1n) is 9.58. The average Bonchev–Trinajstić information content (AvgIpc) is 2.63. The molecule has 0 radical (unpaired) electrons. The summed E-state index contributed by atoms with van der Waals surface area (Å²) in [5, 5.41) is 16.7. The van der Waals surface area contributed by atoms with Gasteiger partial charge in [0.2, 0.25) is 17.7 Å². The van der Waals surface area contributed by atoms with Gasteiger partial charge in [-0.15, -0.1) is 12.4 Å². The summed E-state index contributed by atoms with van der Waals surface area (Å²) < 4.78 is 5.96. The fourth-order valence-corrected chi connectivity index (χ4v) is 3.97. The summed E-state index contributed by atoms with van der Waals surface area (Å²) in [6, 6.07) is 0. The van der Waals surface area contributed by atoms with E-state index in [1.807, 2.05) is 6.92 Å². The number of aliphatic hydroxyl groups is 1. The van der Waals surface area contributed by atoms with E-state index < -0.39 is 17.2 Å². The number of halogens is 1. The van der Waals surface area contributed by atoms with Gasteiger partial charge in [-0.2, -0.15) is 0 Å². The third-order valence-corrected chi connectivity index (χ3v) is 5.63. The Balaban J connectivity index is 0.00000392. The van der Waals surface area contributed by atoms with Crippen LogP contribution < -0.4 is 16.4 Å². The van der Waals surface area contributed by atoms with Crippen LogP contribution in [0.15, 0.2) is 0 Å². The minimum absolute atomic E-state index is 0. The predicted octanol–water partition coefficient (Wildman–Crippen LogP) is -0.699. The van der Waals surface area contributed by atoms with Crippen LogP contribution in [0.2, 0.25) is 0 Å². The van der Waals surface area contributed by atoms with Crippen LogP contribution in [0.1, 0.15) is 46.0 Å². The first kappa shape index (κ1) is 24.6. The highest BCUT2D eigenvalue weighted by atomic mass is 35.5. The van der Waals surface area contributed by atoms with E-state index in [4.69, 9.17) is 10.5 Å². The quantitative estimate of drug-likeness (QED) is 0.420. The van der Waals surface area contributed by atoms with Gasteiger partial charge in [-0.25, -0.2) is 0 Å². The standard InChI is InChI=1S/C18H32N4O5.ClH/c1-13(23)20-8-3-4-14(24)21-17(2)7-11-27-18(16(17)26)5-9-22(10-6-18)15(25)12-19;/h16,26H,3-12,19H2,1-2H3,(H,20,23)(H,21,24);1H/t16-,17+;/m0./s1. The second-order valence-corrected chi connectivity index (χ2v) is 7.70. The molecule has 2 fully saturated rings. The summed E-state index contributed by atoms with van der Waals surface area (Å²) in [5.74, 6) is -0.385. The van der Waals surface area contributed by atoms with Crippen LogP contribution in [0.5, 0.6) is 0 Å². The number of hydrogen-bond donors (Lipinski definition) is 4. The van der Waals surface area contributed by atoms with Crippen LogP contribution in [-0.2, 0) is 19.1 Å². The second-order valence-electron chi connectivity index (χ2n) is 7.70. The van der Waals surface area contributed by atoms with E-state index in [2.05, 4.69) is 10.6 Å². The number of rotatable bonds is 6. The highest BCUT2D eigenvalue weighted by Gasteiger charge is 2.54. The van der Waals surface area contributed by atoms with E-state index in [0.29, 0.717) is 51.9 Å². The molecule has 162 valence electrons. The normalized spacial score (nSPS) is 26.3. The third-order valence-electron chi connectivity index (χ3n) is 5.63. The van der Waals surface area contributed by atoms with Crippen LogP contribution in [0, 0.1) is 0 Å². The molecule has 9 nitrogen and oxygen atoms in total. The van der Waals surface area contributed by atoms with Gasteiger partial charge >= 0.3 is 0 Å². The molecule has 0 saturated carbocycles. The maximum atomic E-state index is 12.3. The Kier molecular flexibility index (Phi) is 9.13.